The largest absolute Gasteiger partial charge is 0.309 e. The van der Waals surface area contributed by atoms with Gasteiger partial charge < -0.3 is 9.13 Å². The van der Waals surface area contributed by atoms with Crippen LogP contribution in [0.25, 0.3) is 93.3 Å². The molecule has 0 aliphatic carbocycles. The number of imidazole rings is 1. The first kappa shape index (κ1) is 24.8. The second-order valence-corrected chi connectivity index (χ2v) is 12.2. The van der Waals surface area contributed by atoms with E-state index in [1.165, 1.54) is 32.6 Å². The average Bonchev–Trinajstić information content (AvgIpc) is 3.79. The number of fused-ring (bicyclic) bond motifs is 15. The second kappa shape index (κ2) is 9.02. The van der Waals surface area contributed by atoms with E-state index in [9.17, 15) is 0 Å². The maximum Gasteiger partial charge on any atom is 0.146 e. The molecule has 6 heterocycles. The summed E-state index contributed by atoms with van der Waals surface area (Å²) in [5.74, 6) is 0. The molecule has 0 fully saturated rings. The zero-order chi connectivity index (χ0) is 30.6. The number of para-hydroxylation sites is 3. The first-order valence-corrected chi connectivity index (χ1v) is 15.8. The van der Waals surface area contributed by atoms with E-state index in [-0.39, 0.29) is 0 Å². The van der Waals surface area contributed by atoms with Crippen LogP contribution in [0.15, 0.2) is 146 Å². The quantitative estimate of drug-likeness (QED) is 0.186. The summed E-state index contributed by atoms with van der Waals surface area (Å²) in [4.78, 5) is 14.1. The summed E-state index contributed by atoms with van der Waals surface area (Å²) in [7, 11) is 0. The van der Waals surface area contributed by atoms with E-state index in [0.29, 0.717) is 0 Å². The van der Waals surface area contributed by atoms with E-state index in [2.05, 4.69) is 139 Å². The molecule has 6 heteroatoms. The van der Waals surface area contributed by atoms with Crippen molar-refractivity contribution in [1.82, 2.24) is 28.5 Å². The third kappa shape index (κ3) is 3.21. The molecule has 0 aliphatic rings. The van der Waals surface area contributed by atoms with Gasteiger partial charge in [-0.2, -0.15) is 0 Å². The summed E-state index contributed by atoms with van der Waals surface area (Å²) >= 11 is 0. The Morgan fingerprint density at radius 1 is 0.426 bits per heavy atom. The Kier molecular flexibility index (Phi) is 4.75. The molecule has 0 spiro atoms. The van der Waals surface area contributed by atoms with Crippen molar-refractivity contribution in [1.29, 1.82) is 0 Å². The number of benzene rings is 5. The highest BCUT2D eigenvalue weighted by Gasteiger charge is 2.23. The highest BCUT2D eigenvalue weighted by molar-refractivity contribution is 6.29. The van der Waals surface area contributed by atoms with Gasteiger partial charge >= 0.3 is 0 Å². The van der Waals surface area contributed by atoms with Gasteiger partial charge in [-0.05, 0) is 60.7 Å². The molecular weight excluding hydrogens is 576 g/mol. The van der Waals surface area contributed by atoms with Crippen molar-refractivity contribution in [3.8, 4) is 11.4 Å². The van der Waals surface area contributed by atoms with Crippen LogP contribution in [-0.4, -0.2) is 28.5 Å². The Morgan fingerprint density at radius 3 is 1.96 bits per heavy atom. The Morgan fingerprint density at radius 2 is 1.11 bits per heavy atom. The Hall–Kier alpha value is -6.53. The summed E-state index contributed by atoms with van der Waals surface area (Å²) in [6.45, 7) is 0. The Labute approximate surface area is 267 Å². The maximum atomic E-state index is 5.13. The van der Waals surface area contributed by atoms with Gasteiger partial charge in [0.05, 0.1) is 45.5 Å². The lowest BCUT2D eigenvalue weighted by Gasteiger charge is -2.13. The van der Waals surface area contributed by atoms with Gasteiger partial charge in [0.1, 0.15) is 11.2 Å². The van der Waals surface area contributed by atoms with Crippen molar-refractivity contribution in [2.75, 3.05) is 0 Å². The van der Waals surface area contributed by atoms with Crippen LogP contribution in [0.4, 0.5) is 0 Å². The van der Waals surface area contributed by atoms with Crippen molar-refractivity contribution >= 4 is 82.0 Å². The number of hydrogen-bond donors (Lipinski definition) is 0. The normalized spacial score (nSPS) is 12.3. The lowest BCUT2D eigenvalue weighted by Crippen LogP contribution is -1.97. The van der Waals surface area contributed by atoms with Crippen molar-refractivity contribution in [2.45, 2.75) is 0 Å². The molecule has 11 rings (SSSR count). The molecule has 0 saturated heterocycles. The van der Waals surface area contributed by atoms with Gasteiger partial charge in [-0.1, -0.05) is 60.7 Å². The number of pyridine rings is 3. The van der Waals surface area contributed by atoms with Crippen LogP contribution >= 0.6 is 0 Å². The predicted molar refractivity (Wildman–Crippen MR) is 192 cm³/mol. The second-order valence-electron chi connectivity index (χ2n) is 12.2. The molecule has 0 aliphatic heterocycles. The zero-order valence-electron chi connectivity index (χ0n) is 25.0. The van der Waals surface area contributed by atoms with Gasteiger partial charge in [0, 0.05) is 61.5 Å². The highest BCUT2D eigenvalue weighted by atomic mass is 15.0. The maximum absolute atomic E-state index is 5.13. The summed E-state index contributed by atoms with van der Waals surface area (Å²) in [6, 6.07) is 43.6. The first-order valence-electron chi connectivity index (χ1n) is 15.8. The number of nitrogens with zero attached hydrogens (tertiary/aromatic N) is 6. The molecule has 6 aromatic heterocycles. The van der Waals surface area contributed by atoms with E-state index in [0.717, 1.165) is 60.8 Å². The van der Waals surface area contributed by atoms with Gasteiger partial charge in [0.15, 0.2) is 0 Å². The molecule has 0 amide bonds. The molecule has 11 aromatic rings. The molecule has 6 nitrogen and oxygen atoms in total. The van der Waals surface area contributed by atoms with Crippen LogP contribution < -0.4 is 0 Å². The summed E-state index contributed by atoms with van der Waals surface area (Å²) < 4.78 is 7.07. The minimum atomic E-state index is 0.866. The van der Waals surface area contributed by atoms with Gasteiger partial charge in [0.2, 0.25) is 0 Å². The molecular formula is C41H24N6. The summed E-state index contributed by atoms with van der Waals surface area (Å²) in [6.07, 6.45) is 7.52. The number of aromatic nitrogens is 6. The predicted octanol–water partition coefficient (Wildman–Crippen LogP) is 9.78. The third-order valence-electron chi connectivity index (χ3n) is 9.76. The van der Waals surface area contributed by atoms with Crippen LogP contribution in [-0.2, 0) is 0 Å². The first-order chi connectivity index (χ1) is 23.3. The van der Waals surface area contributed by atoms with Gasteiger partial charge in [-0.25, -0.2) is 4.98 Å². The Balaban J connectivity index is 1.41. The monoisotopic (exact) mass is 600 g/mol. The average molecular weight is 601 g/mol. The molecule has 0 N–H and O–H groups in total. The van der Waals surface area contributed by atoms with Crippen LogP contribution in [0.3, 0.4) is 0 Å². The van der Waals surface area contributed by atoms with Crippen molar-refractivity contribution in [2.24, 2.45) is 0 Å². The Bertz CT molecular complexity index is 3060. The van der Waals surface area contributed by atoms with Crippen LogP contribution in [0.1, 0.15) is 0 Å². The lowest BCUT2D eigenvalue weighted by molar-refractivity contribution is 1.17. The van der Waals surface area contributed by atoms with Crippen LogP contribution in [0, 0.1) is 0 Å². The third-order valence-corrected chi connectivity index (χ3v) is 9.76. The molecule has 0 saturated carbocycles. The fourth-order valence-corrected chi connectivity index (χ4v) is 7.86. The van der Waals surface area contributed by atoms with E-state index in [4.69, 9.17) is 4.98 Å². The van der Waals surface area contributed by atoms with Crippen LogP contribution in [0.2, 0.25) is 0 Å². The number of hydrogen-bond acceptors (Lipinski definition) is 3. The standard InChI is InChI=1S/C41H24N6/c1-3-9-25(10-4-1)45-34-14-8-7-13-27(34)31-21-32-28-15-16-30-39(40(28)46(37(32)22-36(31)45)26-11-5-2-6-12-26)29-17-19-43-24-38(29)47-35-18-20-42-23-33(35)44-41(30)47/h1-24H. The topological polar surface area (TPSA) is 52.9 Å². The van der Waals surface area contributed by atoms with E-state index in [1.54, 1.807) is 0 Å². The SMILES string of the molecule is c1ccc(-n2c3ccccc3c3cc4c5ccc6c(c7ccncc7n7c8ccncc8nc67)c5n(-c5ccccc5)c4cc32)cc1. The minimum Gasteiger partial charge on any atom is -0.309 e. The minimum absolute atomic E-state index is 0.866. The van der Waals surface area contributed by atoms with E-state index in [1.807, 2.05) is 30.9 Å². The van der Waals surface area contributed by atoms with E-state index >= 15 is 0 Å². The van der Waals surface area contributed by atoms with Crippen molar-refractivity contribution in [3.63, 3.8) is 0 Å². The number of rotatable bonds is 2. The molecule has 218 valence electrons. The van der Waals surface area contributed by atoms with Gasteiger partial charge in [0.25, 0.3) is 0 Å². The fraction of sp³-hybridized carbons (Fsp3) is 0. The molecule has 0 unspecified atom stereocenters. The van der Waals surface area contributed by atoms with Gasteiger partial charge in [-0.3, -0.25) is 14.4 Å². The fourth-order valence-electron chi connectivity index (χ4n) is 7.86. The van der Waals surface area contributed by atoms with Crippen LogP contribution in [0.5, 0.6) is 0 Å². The molecule has 5 aromatic carbocycles. The molecule has 47 heavy (non-hydrogen) atoms. The molecule has 0 bridgehead atoms. The molecule has 0 radical (unpaired) electrons. The van der Waals surface area contributed by atoms with E-state index < -0.39 is 0 Å². The zero-order valence-corrected chi connectivity index (χ0v) is 25.0. The van der Waals surface area contributed by atoms with Crippen molar-refractivity contribution < 1.29 is 0 Å². The lowest BCUT2D eigenvalue weighted by atomic mass is 10.0. The highest BCUT2D eigenvalue weighted by Crippen LogP contribution is 2.44. The van der Waals surface area contributed by atoms with Crippen molar-refractivity contribution in [3.05, 3.63) is 146 Å². The smallest absolute Gasteiger partial charge is 0.146 e. The van der Waals surface area contributed by atoms with Gasteiger partial charge in [-0.15, -0.1) is 0 Å². The molecule has 0 atom stereocenters. The summed E-state index contributed by atoms with van der Waals surface area (Å²) in [5, 5.41) is 8.29. The summed E-state index contributed by atoms with van der Waals surface area (Å²) in [5.41, 5.74) is 10.8.